The van der Waals surface area contributed by atoms with Crippen molar-refractivity contribution in [1.29, 1.82) is 0 Å². The minimum absolute atomic E-state index is 0.00936. The molecule has 116 valence electrons. The van der Waals surface area contributed by atoms with E-state index in [9.17, 15) is 4.21 Å². The zero-order valence-corrected chi connectivity index (χ0v) is 15.8. The zero-order valence-electron chi connectivity index (χ0n) is 14.0. The molecule has 21 heavy (non-hydrogen) atoms. The number of benzene rings is 1. The van der Waals surface area contributed by atoms with Gasteiger partial charge in [0.05, 0.1) is 21.8 Å². The second-order valence-electron chi connectivity index (χ2n) is 7.22. The molecule has 0 aliphatic carbocycles. The van der Waals surface area contributed by atoms with Crippen molar-refractivity contribution in [2.24, 2.45) is 0 Å². The summed E-state index contributed by atoms with van der Waals surface area (Å²) in [5.74, 6) is 3.30. The Hall–Kier alpha value is -0.893. The van der Waals surface area contributed by atoms with Crippen molar-refractivity contribution in [2.75, 3.05) is 0 Å². The van der Waals surface area contributed by atoms with E-state index in [4.69, 9.17) is 0 Å². The van der Waals surface area contributed by atoms with Crippen LogP contribution in [0.25, 0.3) is 0 Å². The van der Waals surface area contributed by atoms with Crippen LogP contribution in [0.2, 0.25) is 19.6 Å². The summed E-state index contributed by atoms with van der Waals surface area (Å²) in [6.45, 7) is 12.6. The lowest BCUT2D eigenvalue weighted by atomic mass is 10.1. The van der Waals surface area contributed by atoms with E-state index in [0.29, 0.717) is 6.42 Å². The van der Waals surface area contributed by atoms with E-state index in [1.807, 2.05) is 39.0 Å². The highest BCUT2D eigenvalue weighted by atomic mass is 32.2. The van der Waals surface area contributed by atoms with Crippen LogP contribution in [0.1, 0.15) is 38.8 Å². The normalized spacial score (nSPS) is 15.0. The van der Waals surface area contributed by atoms with Crippen LogP contribution in [-0.4, -0.2) is 17.0 Å². The van der Waals surface area contributed by atoms with Gasteiger partial charge in [-0.25, -0.2) is 8.93 Å². The number of rotatable bonds is 4. The third-order valence-electron chi connectivity index (χ3n) is 2.78. The highest BCUT2D eigenvalue weighted by Gasteiger charge is 2.23. The lowest BCUT2D eigenvalue weighted by Gasteiger charge is -2.23. The van der Waals surface area contributed by atoms with E-state index in [1.54, 1.807) is 0 Å². The molecular formula is C17H27NOSSi. The van der Waals surface area contributed by atoms with Crippen LogP contribution >= 0.6 is 0 Å². The van der Waals surface area contributed by atoms with Crippen molar-refractivity contribution in [3.8, 4) is 11.5 Å². The van der Waals surface area contributed by atoms with Crippen LogP contribution in [0.4, 0.5) is 0 Å². The van der Waals surface area contributed by atoms with Crippen molar-refractivity contribution < 1.29 is 4.21 Å². The Kier molecular flexibility index (Phi) is 6.39. The van der Waals surface area contributed by atoms with Crippen LogP contribution in [0.5, 0.6) is 0 Å². The summed E-state index contributed by atoms with van der Waals surface area (Å²) in [5.41, 5.74) is 4.52. The van der Waals surface area contributed by atoms with Crippen molar-refractivity contribution in [3.05, 3.63) is 35.9 Å². The summed E-state index contributed by atoms with van der Waals surface area (Å²) in [6.07, 6.45) is 0.691. The molecule has 0 aliphatic rings. The van der Waals surface area contributed by atoms with E-state index in [0.717, 1.165) is 5.56 Å². The molecular weight excluding hydrogens is 294 g/mol. The van der Waals surface area contributed by atoms with Gasteiger partial charge in [0.2, 0.25) is 0 Å². The molecule has 2 nitrogen and oxygen atoms in total. The fraction of sp³-hybridized carbons (Fsp3) is 0.529. The third-order valence-corrected chi connectivity index (χ3v) is 5.31. The Morgan fingerprint density at radius 2 is 1.76 bits per heavy atom. The van der Waals surface area contributed by atoms with Gasteiger partial charge in [-0.15, -0.1) is 11.5 Å². The molecule has 0 aliphatic heterocycles. The molecule has 2 atom stereocenters. The minimum atomic E-state index is -1.37. The Balaban J connectivity index is 2.91. The van der Waals surface area contributed by atoms with Gasteiger partial charge in [0, 0.05) is 6.42 Å². The molecule has 1 aromatic carbocycles. The number of nitrogens with one attached hydrogen (secondary N) is 1. The maximum absolute atomic E-state index is 12.4. The summed E-state index contributed by atoms with van der Waals surface area (Å²) in [7, 11) is -2.47. The van der Waals surface area contributed by atoms with Crippen LogP contribution < -0.4 is 4.72 Å². The van der Waals surface area contributed by atoms with Gasteiger partial charge in [-0.05, 0) is 26.3 Å². The van der Waals surface area contributed by atoms with Crippen molar-refractivity contribution in [1.82, 2.24) is 4.72 Å². The molecule has 4 heteroatoms. The predicted octanol–water partition coefficient (Wildman–Crippen LogP) is 4.05. The van der Waals surface area contributed by atoms with E-state index in [1.165, 1.54) is 0 Å². The average Bonchev–Trinajstić information content (AvgIpc) is 2.36. The lowest BCUT2D eigenvalue weighted by molar-refractivity contribution is 0.604. The van der Waals surface area contributed by atoms with E-state index in [-0.39, 0.29) is 10.8 Å². The summed E-state index contributed by atoms with van der Waals surface area (Å²) in [6, 6.07) is 10.2. The van der Waals surface area contributed by atoms with E-state index >= 15 is 0 Å². The Bertz CT molecular complexity index is 532. The summed E-state index contributed by atoms with van der Waals surface area (Å²) in [4.78, 5) is 0. The zero-order chi connectivity index (χ0) is 16.1. The molecule has 1 N–H and O–H groups in total. The Labute approximate surface area is 133 Å². The maximum Gasteiger partial charge on any atom is 0.129 e. The summed E-state index contributed by atoms with van der Waals surface area (Å²) >= 11 is 0. The first-order chi connectivity index (χ1) is 9.59. The molecule has 1 aromatic rings. The highest BCUT2D eigenvalue weighted by Crippen LogP contribution is 2.20. The lowest BCUT2D eigenvalue weighted by Crippen LogP contribution is -2.35. The van der Waals surface area contributed by atoms with Crippen LogP contribution in [0.3, 0.4) is 0 Å². The van der Waals surface area contributed by atoms with Crippen molar-refractivity contribution >= 4 is 19.1 Å². The molecule has 0 fully saturated rings. The molecule has 0 bridgehead atoms. The molecule has 0 radical (unpaired) electrons. The van der Waals surface area contributed by atoms with Gasteiger partial charge in [-0.3, -0.25) is 0 Å². The summed E-state index contributed by atoms with van der Waals surface area (Å²) in [5, 5.41) is 0. The van der Waals surface area contributed by atoms with E-state index in [2.05, 4.69) is 48.0 Å². The van der Waals surface area contributed by atoms with Crippen molar-refractivity contribution in [3.63, 3.8) is 0 Å². The SMILES string of the molecule is CC(C)(C)S(=O)N[C@@H](CC#C[Si](C)(C)C)c1ccccc1. The van der Waals surface area contributed by atoms with Crippen molar-refractivity contribution in [2.45, 2.75) is 57.6 Å². The molecule has 0 aromatic heterocycles. The molecule has 0 saturated carbocycles. The van der Waals surface area contributed by atoms with Gasteiger partial charge in [-0.1, -0.05) is 50.0 Å². The standard InChI is InChI=1S/C17H27NOSSi/c1-17(2,3)20(19)18-16(13-10-14-21(4,5)6)15-11-8-7-9-12-15/h7-9,11-12,16,18H,13H2,1-6H3/t16-,20?/m0/s1. The monoisotopic (exact) mass is 321 g/mol. The van der Waals surface area contributed by atoms with Crippen LogP contribution in [-0.2, 0) is 11.0 Å². The fourth-order valence-corrected chi connectivity index (χ4v) is 3.10. The van der Waals surface area contributed by atoms with Crippen LogP contribution in [0.15, 0.2) is 30.3 Å². The first-order valence-electron chi connectivity index (χ1n) is 7.32. The van der Waals surface area contributed by atoms with Gasteiger partial charge in [-0.2, -0.15) is 0 Å². The molecule has 0 saturated heterocycles. The van der Waals surface area contributed by atoms with Gasteiger partial charge >= 0.3 is 0 Å². The van der Waals surface area contributed by atoms with Crippen LogP contribution in [0, 0.1) is 11.5 Å². The fourth-order valence-electron chi connectivity index (χ4n) is 1.64. The highest BCUT2D eigenvalue weighted by molar-refractivity contribution is 7.84. The average molecular weight is 322 g/mol. The van der Waals surface area contributed by atoms with Gasteiger partial charge in [0.15, 0.2) is 0 Å². The quantitative estimate of drug-likeness (QED) is 0.658. The van der Waals surface area contributed by atoms with Gasteiger partial charge in [0.25, 0.3) is 0 Å². The summed E-state index contributed by atoms with van der Waals surface area (Å²) < 4.78 is 15.3. The number of hydrogen-bond acceptors (Lipinski definition) is 1. The molecule has 0 spiro atoms. The minimum Gasteiger partial charge on any atom is -0.242 e. The molecule has 0 heterocycles. The van der Waals surface area contributed by atoms with Gasteiger partial charge in [0.1, 0.15) is 8.07 Å². The van der Waals surface area contributed by atoms with Gasteiger partial charge < -0.3 is 0 Å². The maximum atomic E-state index is 12.4. The smallest absolute Gasteiger partial charge is 0.129 e. The molecule has 0 amide bonds. The third kappa shape index (κ3) is 7.08. The van der Waals surface area contributed by atoms with E-state index < -0.39 is 19.1 Å². The molecule has 1 unspecified atom stereocenters. The first-order valence-corrected chi connectivity index (χ1v) is 12.0. The Morgan fingerprint density at radius 1 is 1.19 bits per heavy atom. The topological polar surface area (TPSA) is 29.1 Å². The number of hydrogen-bond donors (Lipinski definition) is 1. The first kappa shape index (κ1) is 18.2. The Morgan fingerprint density at radius 3 is 2.24 bits per heavy atom. The predicted molar refractivity (Wildman–Crippen MR) is 96.0 cm³/mol. The molecule has 1 rings (SSSR count). The largest absolute Gasteiger partial charge is 0.242 e. The second-order valence-corrected chi connectivity index (χ2v) is 14.0. The second kappa shape index (κ2) is 7.39.